The molecule has 1 heterocycles. The fraction of sp³-hybridized carbons (Fsp3) is 0.346. The second kappa shape index (κ2) is 9.10. The number of benzene rings is 2. The lowest BCUT2D eigenvalue weighted by molar-refractivity contribution is 0.415. The summed E-state index contributed by atoms with van der Waals surface area (Å²) in [5, 5.41) is 15.2. The second-order valence-electron chi connectivity index (χ2n) is 10.0. The number of hydrogen-bond acceptors (Lipinski definition) is 6. The predicted molar refractivity (Wildman–Crippen MR) is 134 cm³/mol. The van der Waals surface area contributed by atoms with Gasteiger partial charge in [0.2, 0.25) is 5.95 Å². The van der Waals surface area contributed by atoms with Gasteiger partial charge in [0.05, 0.1) is 19.0 Å². The SMILES string of the molecule is COc1ccc(-c2cc(=O)[nH]c(N/N=C\c3cc(C(C)(C)C)c(O)c(C(C)(C)C)c3)n2)cc1. The number of ether oxygens (including phenoxy) is 1. The number of aromatic amines is 1. The average Bonchev–Trinajstić information content (AvgIpc) is 2.72. The first-order valence-corrected chi connectivity index (χ1v) is 10.8. The van der Waals surface area contributed by atoms with Crippen molar-refractivity contribution in [3.8, 4) is 22.8 Å². The summed E-state index contributed by atoms with van der Waals surface area (Å²) in [7, 11) is 1.60. The maximum absolute atomic E-state index is 12.1. The van der Waals surface area contributed by atoms with Gasteiger partial charge in [-0.2, -0.15) is 5.10 Å². The van der Waals surface area contributed by atoms with Crippen LogP contribution in [0.3, 0.4) is 0 Å². The number of hydrogen-bond donors (Lipinski definition) is 3. The summed E-state index contributed by atoms with van der Waals surface area (Å²) in [6.07, 6.45) is 1.66. The number of aromatic nitrogens is 2. The first-order valence-electron chi connectivity index (χ1n) is 10.8. The number of phenols is 1. The van der Waals surface area contributed by atoms with Gasteiger partial charge in [-0.3, -0.25) is 9.78 Å². The van der Waals surface area contributed by atoms with Crippen LogP contribution >= 0.6 is 0 Å². The van der Waals surface area contributed by atoms with E-state index in [2.05, 4.69) is 62.0 Å². The van der Waals surface area contributed by atoms with Crippen LogP contribution < -0.4 is 15.7 Å². The van der Waals surface area contributed by atoms with Crippen molar-refractivity contribution in [1.29, 1.82) is 0 Å². The van der Waals surface area contributed by atoms with Crippen LogP contribution in [0.2, 0.25) is 0 Å². The van der Waals surface area contributed by atoms with Crippen LogP contribution in [0.5, 0.6) is 11.5 Å². The summed E-state index contributed by atoms with van der Waals surface area (Å²) in [5.74, 6) is 1.28. The van der Waals surface area contributed by atoms with Crippen molar-refractivity contribution in [2.75, 3.05) is 12.5 Å². The number of aromatic hydroxyl groups is 1. The Morgan fingerprint density at radius 2 is 1.58 bits per heavy atom. The molecule has 0 bridgehead atoms. The second-order valence-corrected chi connectivity index (χ2v) is 10.0. The molecule has 3 aromatic rings. The van der Waals surface area contributed by atoms with Gasteiger partial charge in [0.15, 0.2) is 0 Å². The highest BCUT2D eigenvalue weighted by Crippen LogP contribution is 2.39. The van der Waals surface area contributed by atoms with Crippen molar-refractivity contribution < 1.29 is 9.84 Å². The Labute approximate surface area is 194 Å². The summed E-state index contributed by atoms with van der Waals surface area (Å²) < 4.78 is 5.18. The molecule has 0 saturated heterocycles. The molecule has 33 heavy (non-hydrogen) atoms. The quantitative estimate of drug-likeness (QED) is 0.368. The third-order valence-corrected chi connectivity index (χ3v) is 5.26. The van der Waals surface area contributed by atoms with Crippen LogP contribution in [0.15, 0.2) is 52.4 Å². The molecule has 2 aromatic carbocycles. The fourth-order valence-electron chi connectivity index (χ4n) is 3.46. The van der Waals surface area contributed by atoms with Gasteiger partial charge in [-0.25, -0.2) is 10.4 Å². The van der Waals surface area contributed by atoms with Gasteiger partial charge in [0.25, 0.3) is 5.56 Å². The van der Waals surface area contributed by atoms with E-state index in [4.69, 9.17) is 4.74 Å². The minimum Gasteiger partial charge on any atom is -0.507 e. The van der Waals surface area contributed by atoms with Gasteiger partial charge in [0.1, 0.15) is 11.5 Å². The van der Waals surface area contributed by atoms with Crippen molar-refractivity contribution in [3.63, 3.8) is 0 Å². The van der Waals surface area contributed by atoms with Crippen LogP contribution in [0.4, 0.5) is 5.95 Å². The number of rotatable bonds is 5. The van der Waals surface area contributed by atoms with E-state index < -0.39 is 0 Å². The Morgan fingerprint density at radius 1 is 1.00 bits per heavy atom. The number of anilines is 1. The van der Waals surface area contributed by atoms with E-state index in [9.17, 15) is 9.90 Å². The smallest absolute Gasteiger partial charge is 0.252 e. The Bertz CT molecular complexity index is 1180. The van der Waals surface area contributed by atoms with Crippen LogP contribution in [0.1, 0.15) is 58.2 Å². The number of nitrogens with one attached hydrogen (secondary N) is 2. The van der Waals surface area contributed by atoms with Gasteiger partial charge in [-0.1, -0.05) is 41.5 Å². The van der Waals surface area contributed by atoms with E-state index in [1.807, 2.05) is 36.4 Å². The molecule has 1 aromatic heterocycles. The minimum absolute atomic E-state index is 0.232. The maximum Gasteiger partial charge on any atom is 0.252 e. The molecule has 0 atom stereocenters. The Balaban J connectivity index is 1.91. The molecule has 0 fully saturated rings. The molecule has 0 saturated carbocycles. The van der Waals surface area contributed by atoms with Crippen molar-refractivity contribution in [1.82, 2.24) is 9.97 Å². The summed E-state index contributed by atoms with van der Waals surface area (Å²) in [6, 6.07) is 12.6. The summed E-state index contributed by atoms with van der Waals surface area (Å²) in [6.45, 7) is 12.4. The molecule has 3 N–H and O–H groups in total. The first-order chi connectivity index (χ1) is 15.4. The van der Waals surface area contributed by atoms with Crippen LogP contribution in [0, 0.1) is 0 Å². The topological polar surface area (TPSA) is 99.6 Å². The number of H-pyrrole nitrogens is 1. The molecular weight excluding hydrogens is 416 g/mol. The molecule has 0 amide bonds. The van der Waals surface area contributed by atoms with Crippen molar-refractivity contribution >= 4 is 12.2 Å². The molecule has 7 nitrogen and oxygen atoms in total. The molecule has 0 aliphatic heterocycles. The minimum atomic E-state index is -0.289. The Hall–Kier alpha value is -3.61. The van der Waals surface area contributed by atoms with E-state index in [1.165, 1.54) is 6.07 Å². The summed E-state index contributed by atoms with van der Waals surface area (Å²) in [5.41, 5.74) is 5.90. The highest BCUT2D eigenvalue weighted by molar-refractivity contribution is 5.82. The van der Waals surface area contributed by atoms with E-state index in [0.29, 0.717) is 11.4 Å². The number of phenolic OH excluding ortho intramolecular Hbond substituents is 1. The molecule has 0 unspecified atom stereocenters. The van der Waals surface area contributed by atoms with Gasteiger partial charge in [-0.15, -0.1) is 0 Å². The van der Waals surface area contributed by atoms with Gasteiger partial charge in [0, 0.05) is 22.8 Å². The van der Waals surface area contributed by atoms with Crippen LogP contribution in [0.25, 0.3) is 11.3 Å². The predicted octanol–water partition coefficient (Wildman–Crippen LogP) is 5.19. The summed E-state index contributed by atoms with van der Waals surface area (Å²) >= 11 is 0. The van der Waals surface area contributed by atoms with Gasteiger partial charge >= 0.3 is 0 Å². The van der Waals surface area contributed by atoms with Gasteiger partial charge in [-0.05, 0) is 52.8 Å². The Kier molecular flexibility index (Phi) is 6.63. The zero-order valence-corrected chi connectivity index (χ0v) is 20.3. The monoisotopic (exact) mass is 448 g/mol. The van der Waals surface area contributed by atoms with E-state index in [1.54, 1.807) is 13.3 Å². The third-order valence-electron chi connectivity index (χ3n) is 5.26. The first kappa shape index (κ1) is 24.0. The lowest BCUT2D eigenvalue weighted by Crippen LogP contribution is -2.18. The fourth-order valence-corrected chi connectivity index (χ4v) is 3.46. The number of hydrazone groups is 1. The zero-order chi connectivity index (χ0) is 24.4. The van der Waals surface area contributed by atoms with E-state index >= 15 is 0 Å². The van der Waals surface area contributed by atoms with Gasteiger partial charge < -0.3 is 9.84 Å². The van der Waals surface area contributed by atoms with Crippen LogP contribution in [-0.4, -0.2) is 28.4 Å². The molecule has 0 aliphatic rings. The standard InChI is InChI=1S/C26H32N4O3/c1-25(2,3)19-12-16(13-20(23(19)32)26(4,5)6)15-27-30-24-28-21(14-22(31)29-24)17-8-10-18(33-7)11-9-17/h8-15,32H,1-7H3,(H2,28,29,30,31)/b27-15-. The lowest BCUT2D eigenvalue weighted by Gasteiger charge is -2.27. The average molecular weight is 449 g/mol. The van der Waals surface area contributed by atoms with Crippen LogP contribution in [-0.2, 0) is 10.8 Å². The van der Waals surface area contributed by atoms with E-state index in [0.717, 1.165) is 28.0 Å². The maximum atomic E-state index is 12.1. The molecule has 0 spiro atoms. The lowest BCUT2D eigenvalue weighted by atomic mass is 9.78. The number of nitrogens with zero attached hydrogens (tertiary/aromatic N) is 2. The molecule has 0 radical (unpaired) electrons. The molecule has 7 heteroatoms. The highest BCUT2D eigenvalue weighted by Gasteiger charge is 2.26. The molecule has 174 valence electrons. The Morgan fingerprint density at radius 3 is 2.09 bits per heavy atom. The third kappa shape index (κ3) is 5.80. The zero-order valence-electron chi connectivity index (χ0n) is 20.3. The molecule has 0 aliphatic carbocycles. The van der Waals surface area contributed by atoms with E-state index in [-0.39, 0.29) is 22.3 Å². The normalized spacial score (nSPS) is 12.2. The van der Waals surface area contributed by atoms with Crippen molar-refractivity contribution in [2.45, 2.75) is 52.4 Å². The summed E-state index contributed by atoms with van der Waals surface area (Å²) in [4.78, 5) is 19.3. The molecule has 3 rings (SSSR count). The number of methoxy groups -OCH3 is 1. The highest BCUT2D eigenvalue weighted by atomic mass is 16.5. The largest absolute Gasteiger partial charge is 0.507 e. The van der Waals surface area contributed by atoms with Crippen molar-refractivity contribution in [2.24, 2.45) is 5.10 Å². The van der Waals surface area contributed by atoms with Crippen molar-refractivity contribution in [3.05, 3.63) is 69.5 Å². The molecular formula is C26H32N4O3.